The molecule has 0 aliphatic heterocycles. The van der Waals surface area contributed by atoms with Crippen molar-refractivity contribution in [2.75, 3.05) is 14.2 Å². The molecule has 3 nitrogen and oxygen atoms in total. The number of hydrogen-bond acceptors (Lipinski definition) is 3. The van der Waals surface area contributed by atoms with E-state index in [4.69, 9.17) is 22.1 Å². The molecule has 0 bridgehead atoms. The van der Waals surface area contributed by atoms with Gasteiger partial charge in [-0.15, -0.1) is 0 Å². The quantitative estimate of drug-likeness (QED) is 0.867. The van der Waals surface area contributed by atoms with E-state index in [0.29, 0.717) is 12.0 Å². The van der Waals surface area contributed by atoms with E-state index in [-0.39, 0.29) is 6.04 Å². The Morgan fingerprint density at radius 1 is 1.47 bits per heavy atom. The first-order chi connectivity index (χ1) is 8.15. The summed E-state index contributed by atoms with van der Waals surface area (Å²) >= 11 is 6.06. The van der Waals surface area contributed by atoms with Gasteiger partial charge in [0.05, 0.1) is 7.11 Å². The fourth-order valence-corrected chi connectivity index (χ4v) is 2.75. The second kappa shape index (κ2) is 5.25. The van der Waals surface area contributed by atoms with Crippen molar-refractivity contribution in [3.8, 4) is 5.75 Å². The molecule has 2 rings (SSSR count). The fraction of sp³-hybridized carbons (Fsp3) is 0.538. The number of methoxy groups -OCH3 is 1. The third-order valence-electron chi connectivity index (χ3n) is 3.52. The van der Waals surface area contributed by atoms with Crippen LogP contribution in [0.2, 0.25) is 5.02 Å². The Bertz CT molecular complexity index is 391. The highest BCUT2D eigenvalue weighted by atomic mass is 35.5. The normalized spacial score (nSPS) is 25.2. The summed E-state index contributed by atoms with van der Waals surface area (Å²) in [7, 11) is 3.65. The molecule has 1 aromatic carbocycles. The predicted molar refractivity (Wildman–Crippen MR) is 70.5 cm³/mol. The van der Waals surface area contributed by atoms with E-state index in [1.807, 2.05) is 25.2 Å². The van der Waals surface area contributed by atoms with E-state index >= 15 is 0 Å². The van der Waals surface area contributed by atoms with E-state index in [1.165, 1.54) is 0 Å². The van der Waals surface area contributed by atoms with Crippen molar-refractivity contribution < 1.29 is 4.74 Å². The summed E-state index contributed by atoms with van der Waals surface area (Å²) in [5, 5.41) is 4.09. The van der Waals surface area contributed by atoms with E-state index in [1.54, 1.807) is 7.11 Å². The first kappa shape index (κ1) is 12.7. The number of ether oxygens (including phenoxy) is 1. The molecule has 0 heterocycles. The zero-order valence-electron chi connectivity index (χ0n) is 10.2. The Hall–Kier alpha value is -0.770. The number of benzene rings is 1. The minimum absolute atomic E-state index is 0.267. The first-order valence-electron chi connectivity index (χ1n) is 5.92. The van der Waals surface area contributed by atoms with Gasteiger partial charge in [-0.1, -0.05) is 11.6 Å². The Morgan fingerprint density at radius 3 is 2.71 bits per heavy atom. The van der Waals surface area contributed by atoms with Crippen LogP contribution in [0.1, 0.15) is 24.4 Å². The molecule has 1 fully saturated rings. The first-order valence-corrected chi connectivity index (χ1v) is 6.29. The van der Waals surface area contributed by atoms with Gasteiger partial charge >= 0.3 is 0 Å². The average molecular weight is 255 g/mol. The maximum Gasteiger partial charge on any atom is 0.123 e. The summed E-state index contributed by atoms with van der Waals surface area (Å²) in [6, 6.07) is 6.36. The molecule has 0 amide bonds. The number of rotatable bonds is 4. The van der Waals surface area contributed by atoms with Gasteiger partial charge in [-0.05, 0) is 44.0 Å². The summed E-state index contributed by atoms with van der Waals surface area (Å²) in [5.41, 5.74) is 6.98. The molecule has 94 valence electrons. The molecular formula is C13H19ClN2O. The SMILES string of the molecule is CNC(c1cc(Cl)ccc1OC)C1CC(N)C1. The van der Waals surface area contributed by atoms with Crippen molar-refractivity contribution in [2.45, 2.75) is 24.9 Å². The lowest BCUT2D eigenvalue weighted by Crippen LogP contribution is -2.42. The number of hydrogen-bond donors (Lipinski definition) is 2. The zero-order valence-corrected chi connectivity index (χ0v) is 11.0. The summed E-state index contributed by atoms with van der Waals surface area (Å²) in [5.74, 6) is 1.46. The van der Waals surface area contributed by atoms with Crippen LogP contribution in [0.15, 0.2) is 18.2 Å². The van der Waals surface area contributed by atoms with E-state index < -0.39 is 0 Å². The minimum Gasteiger partial charge on any atom is -0.496 e. The lowest BCUT2D eigenvalue weighted by Gasteiger charge is -2.39. The zero-order chi connectivity index (χ0) is 12.4. The lowest BCUT2D eigenvalue weighted by molar-refractivity contribution is 0.201. The standard InChI is InChI=1S/C13H19ClN2O/c1-16-13(8-5-10(15)6-8)11-7-9(14)3-4-12(11)17-2/h3-4,7-8,10,13,16H,5-6,15H2,1-2H3. The van der Waals surface area contributed by atoms with E-state index in [9.17, 15) is 0 Å². The van der Waals surface area contributed by atoms with Crippen molar-refractivity contribution in [1.82, 2.24) is 5.32 Å². The van der Waals surface area contributed by atoms with Crippen LogP contribution in [0.3, 0.4) is 0 Å². The molecule has 0 spiro atoms. The Balaban J connectivity index is 2.26. The fourth-order valence-electron chi connectivity index (χ4n) is 2.57. The Labute approximate surface area is 107 Å². The van der Waals surface area contributed by atoms with Gasteiger partial charge in [0, 0.05) is 22.7 Å². The van der Waals surface area contributed by atoms with E-state index in [0.717, 1.165) is 29.2 Å². The van der Waals surface area contributed by atoms with Crippen LogP contribution >= 0.6 is 11.6 Å². The summed E-state index contributed by atoms with van der Waals surface area (Å²) in [6.45, 7) is 0. The van der Waals surface area contributed by atoms with Crippen molar-refractivity contribution >= 4 is 11.6 Å². The van der Waals surface area contributed by atoms with Crippen LogP contribution in [0.5, 0.6) is 5.75 Å². The van der Waals surface area contributed by atoms with Gasteiger partial charge in [0.15, 0.2) is 0 Å². The highest BCUT2D eigenvalue weighted by molar-refractivity contribution is 6.30. The molecule has 0 radical (unpaired) electrons. The second-order valence-corrected chi connectivity index (χ2v) is 5.08. The van der Waals surface area contributed by atoms with Crippen LogP contribution in [-0.4, -0.2) is 20.2 Å². The monoisotopic (exact) mass is 254 g/mol. The lowest BCUT2D eigenvalue weighted by atomic mass is 9.74. The largest absolute Gasteiger partial charge is 0.496 e. The van der Waals surface area contributed by atoms with Gasteiger partial charge in [0.25, 0.3) is 0 Å². The van der Waals surface area contributed by atoms with Crippen molar-refractivity contribution in [3.05, 3.63) is 28.8 Å². The average Bonchev–Trinajstić information content (AvgIpc) is 2.28. The second-order valence-electron chi connectivity index (χ2n) is 4.64. The van der Waals surface area contributed by atoms with Crippen LogP contribution in [0.25, 0.3) is 0 Å². The van der Waals surface area contributed by atoms with Crippen LogP contribution in [0, 0.1) is 5.92 Å². The highest BCUT2D eigenvalue weighted by Gasteiger charge is 2.34. The summed E-state index contributed by atoms with van der Waals surface area (Å²) in [6.07, 6.45) is 2.11. The van der Waals surface area contributed by atoms with Gasteiger partial charge < -0.3 is 15.8 Å². The molecule has 1 saturated carbocycles. The number of nitrogens with one attached hydrogen (secondary N) is 1. The van der Waals surface area contributed by atoms with Gasteiger partial charge in [-0.3, -0.25) is 0 Å². The molecule has 0 saturated heterocycles. The molecular weight excluding hydrogens is 236 g/mol. The minimum atomic E-state index is 0.267. The molecule has 1 unspecified atom stereocenters. The molecule has 4 heteroatoms. The molecule has 17 heavy (non-hydrogen) atoms. The smallest absolute Gasteiger partial charge is 0.123 e. The van der Waals surface area contributed by atoms with Crippen molar-refractivity contribution in [2.24, 2.45) is 11.7 Å². The molecule has 1 aliphatic carbocycles. The van der Waals surface area contributed by atoms with Gasteiger partial charge in [0.1, 0.15) is 5.75 Å². The molecule has 1 aliphatic rings. The molecule has 0 aromatic heterocycles. The van der Waals surface area contributed by atoms with Crippen molar-refractivity contribution in [3.63, 3.8) is 0 Å². The van der Waals surface area contributed by atoms with E-state index in [2.05, 4.69) is 5.32 Å². The number of halogens is 1. The van der Waals surface area contributed by atoms with Gasteiger partial charge in [0.2, 0.25) is 0 Å². The summed E-state index contributed by atoms with van der Waals surface area (Å²) < 4.78 is 5.40. The topological polar surface area (TPSA) is 47.3 Å². The maximum absolute atomic E-state index is 6.06. The third-order valence-corrected chi connectivity index (χ3v) is 3.76. The predicted octanol–water partition coefficient (Wildman–Crippen LogP) is 2.35. The van der Waals surface area contributed by atoms with Gasteiger partial charge in [-0.2, -0.15) is 0 Å². The van der Waals surface area contributed by atoms with Crippen LogP contribution < -0.4 is 15.8 Å². The highest BCUT2D eigenvalue weighted by Crippen LogP contribution is 2.40. The Morgan fingerprint density at radius 2 is 2.18 bits per heavy atom. The van der Waals surface area contributed by atoms with Gasteiger partial charge in [-0.25, -0.2) is 0 Å². The number of nitrogens with two attached hydrogens (primary N) is 1. The maximum atomic E-state index is 6.06. The molecule has 1 aromatic rings. The van der Waals surface area contributed by atoms with Crippen molar-refractivity contribution in [1.29, 1.82) is 0 Å². The van der Waals surface area contributed by atoms with Crippen LogP contribution in [-0.2, 0) is 0 Å². The molecule has 3 N–H and O–H groups in total. The van der Waals surface area contributed by atoms with Crippen LogP contribution in [0.4, 0.5) is 0 Å². The summed E-state index contributed by atoms with van der Waals surface area (Å²) in [4.78, 5) is 0. The third kappa shape index (κ3) is 2.57. The Kier molecular flexibility index (Phi) is 3.92. The molecule has 1 atom stereocenters.